The number of carbonyl (C=O) groups is 1. The molecule has 0 amide bonds. The van der Waals surface area contributed by atoms with Crippen LogP contribution in [0, 0.1) is 13.8 Å². The summed E-state index contributed by atoms with van der Waals surface area (Å²) in [6.07, 6.45) is 2.97. The number of esters is 1. The molecule has 8 heteroatoms. The van der Waals surface area contributed by atoms with Gasteiger partial charge in [0.2, 0.25) is 0 Å². The lowest BCUT2D eigenvalue weighted by molar-refractivity contribution is -0.141. The molecule has 0 aliphatic carbocycles. The van der Waals surface area contributed by atoms with Crippen LogP contribution in [0.5, 0.6) is 0 Å². The molecule has 0 saturated heterocycles. The van der Waals surface area contributed by atoms with E-state index in [0.29, 0.717) is 10.9 Å². The molecule has 150 valence electrons. The van der Waals surface area contributed by atoms with E-state index < -0.39 is 5.97 Å². The average molecular weight is 401 g/mol. The largest absolute Gasteiger partial charge is 0.439 e. The summed E-state index contributed by atoms with van der Waals surface area (Å²) in [6, 6.07) is 16.6. The molecule has 0 radical (unpaired) electrons. The molecule has 2 heterocycles. The molecule has 2 aromatic carbocycles. The Bertz CT molecular complexity index is 1310. The molecule has 4 rings (SSSR count). The maximum absolute atomic E-state index is 12.4. The van der Waals surface area contributed by atoms with E-state index in [1.807, 2.05) is 48.9 Å². The van der Waals surface area contributed by atoms with E-state index in [1.165, 1.54) is 6.08 Å². The van der Waals surface area contributed by atoms with Crippen molar-refractivity contribution in [3.8, 4) is 5.69 Å². The van der Waals surface area contributed by atoms with Crippen molar-refractivity contribution in [1.82, 2.24) is 24.8 Å². The van der Waals surface area contributed by atoms with Gasteiger partial charge < -0.3 is 4.74 Å². The first kappa shape index (κ1) is 19.3. The van der Waals surface area contributed by atoms with E-state index in [4.69, 9.17) is 4.74 Å². The third kappa shape index (κ3) is 3.75. The van der Waals surface area contributed by atoms with Gasteiger partial charge in [0.1, 0.15) is 5.52 Å². The first-order valence-electron chi connectivity index (χ1n) is 9.33. The number of hydrogen-bond acceptors (Lipinski definition) is 6. The number of fused-ring (bicyclic) bond motifs is 1. The summed E-state index contributed by atoms with van der Waals surface area (Å²) in [4.78, 5) is 24.6. The maximum atomic E-state index is 12.4. The Balaban J connectivity index is 1.48. The molecule has 0 fully saturated rings. The van der Waals surface area contributed by atoms with Gasteiger partial charge in [0, 0.05) is 17.3 Å². The molecule has 0 bridgehead atoms. The second kappa shape index (κ2) is 8.12. The summed E-state index contributed by atoms with van der Waals surface area (Å²) in [5.41, 5.74) is 3.59. The van der Waals surface area contributed by atoms with Gasteiger partial charge in [0.25, 0.3) is 5.56 Å². The number of hydrogen-bond donors (Lipinski definition) is 0. The second-order valence-electron chi connectivity index (χ2n) is 6.67. The highest BCUT2D eigenvalue weighted by molar-refractivity contribution is 5.87. The van der Waals surface area contributed by atoms with Crippen molar-refractivity contribution in [2.45, 2.75) is 20.6 Å². The van der Waals surface area contributed by atoms with Crippen LogP contribution < -0.4 is 5.56 Å². The van der Waals surface area contributed by atoms with Crippen LogP contribution in [0.4, 0.5) is 0 Å². The fraction of sp³-hybridized carbons (Fsp3) is 0.136. The number of carbonyl (C=O) groups excluding carboxylic acids is 1. The average Bonchev–Trinajstić information content (AvgIpc) is 3.06. The van der Waals surface area contributed by atoms with E-state index >= 15 is 0 Å². The first-order valence-corrected chi connectivity index (χ1v) is 9.33. The zero-order chi connectivity index (χ0) is 21.1. The van der Waals surface area contributed by atoms with Gasteiger partial charge in [0.15, 0.2) is 6.73 Å². The van der Waals surface area contributed by atoms with Gasteiger partial charge in [-0.2, -0.15) is 9.78 Å². The highest BCUT2D eigenvalue weighted by Crippen LogP contribution is 2.19. The number of nitrogens with zero attached hydrogens (tertiary/aromatic N) is 5. The van der Waals surface area contributed by atoms with Crippen molar-refractivity contribution in [2.75, 3.05) is 0 Å². The summed E-state index contributed by atoms with van der Waals surface area (Å²) < 4.78 is 7.99. The van der Waals surface area contributed by atoms with Crippen LogP contribution in [0.15, 0.2) is 65.5 Å². The Morgan fingerprint density at radius 3 is 2.60 bits per heavy atom. The molecule has 4 aromatic rings. The van der Waals surface area contributed by atoms with Gasteiger partial charge in [-0.25, -0.2) is 9.48 Å². The highest BCUT2D eigenvalue weighted by Gasteiger charge is 2.11. The Morgan fingerprint density at radius 2 is 1.80 bits per heavy atom. The van der Waals surface area contributed by atoms with Crippen LogP contribution in [-0.4, -0.2) is 30.7 Å². The van der Waals surface area contributed by atoms with E-state index in [1.54, 1.807) is 30.3 Å². The molecule has 0 aliphatic rings. The quantitative estimate of drug-likeness (QED) is 0.377. The zero-order valence-corrected chi connectivity index (χ0v) is 16.5. The summed E-state index contributed by atoms with van der Waals surface area (Å²) in [6.45, 7) is 3.49. The van der Waals surface area contributed by atoms with E-state index in [9.17, 15) is 9.59 Å². The summed E-state index contributed by atoms with van der Waals surface area (Å²) in [5, 5.41) is 12.7. The van der Waals surface area contributed by atoms with Crippen molar-refractivity contribution < 1.29 is 9.53 Å². The monoisotopic (exact) mass is 401 g/mol. The predicted octanol–water partition coefficient (Wildman–Crippen LogP) is 2.81. The molecule has 0 N–H and O–H groups in total. The van der Waals surface area contributed by atoms with E-state index in [-0.39, 0.29) is 12.3 Å². The Kier molecular flexibility index (Phi) is 5.21. The number of aryl methyl sites for hydroxylation is 1. The highest BCUT2D eigenvalue weighted by atomic mass is 16.5. The SMILES string of the molecule is Cc1nn(-c2ccccc2)c(C)c1/C=C/C(=O)OCn1nnc2ccccc2c1=O. The summed E-state index contributed by atoms with van der Waals surface area (Å²) in [7, 11) is 0. The predicted molar refractivity (Wildman–Crippen MR) is 112 cm³/mol. The van der Waals surface area contributed by atoms with Crippen molar-refractivity contribution in [1.29, 1.82) is 0 Å². The third-order valence-electron chi connectivity index (χ3n) is 4.69. The molecule has 0 atom stereocenters. The lowest BCUT2D eigenvalue weighted by Crippen LogP contribution is -2.26. The van der Waals surface area contributed by atoms with E-state index in [0.717, 1.165) is 27.3 Å². The minimum atomic E-state index is -0.594. The lowest BCUT2D eigenvalue weighted by atomic mass is 10.2. The van der Waals surface area contributed by atoms with Crippen molar-refractivity contribution in [3.63, 3.8) is 0 Å². The van der Waals surface area contributed by atoms with Crippen LogP contribution in [0.1, 0.15) is 17.0 Å². The summed E-state index contributed by atoms with van der Waals surface area (Å²) in [5.74, 6) is -0.594. The third-order valence-corrected chi connectivity index (χ3v) is 4.69. The molecule has 0 aliphatic heterocycles. The number of rotatable bonds is 5. The van der Waals surface area contributed by atoms with Gasteiger partial charge in [-0.1, -0.05) is 35.5 Å². The number of para-hydroxylation sites is 1. The van der Waals surface area contributed by atoms with Crippen LogP contribution in [0.3, 0.4) is 0 Å². The topological polar surface area (TPSA) is 91.9 Å². The van der Waals surface area contributed by atoms with Gasteiger partial charge in [0.05, 0.1) is 16.8 Å². The molecule has 0 unspecified atom stereocenters. The minimum absolute atomic E-state index is 0.318. The standard InChI is InChI=1S/C22H19N5O3/c1-15-18(16(2)27(24-15)17-8-4-3-5-9-17)12-13-21(28)30-14-26-22(29)19-10-6-7-11-20(19)23-25-26/h3-13H,14H2,1-2H3/b13-12+. The number of benzene rings is 2. The molecule has 0 saturated carbocycles. The van der Waals surface area contributed by atoms with E-state index in [2.05, 4.69) is 15.4 Å². The Morgan fingerprint density at radius 1 is 1.07 bits per heavy atom. The molecular formula is C22H19N5O3. The lowest BCUT2D eigenvalue weighted by Gasteiger charge is -2.05. The van der Waals surface area contributed by atoms with Crippen molar-refractivity contribution in [2.24, 2.45) is 0 Å². The second-order valence-corrected chi connectivity index (χ2v) is 6.67. The maximum Gasteiger partial charge on any atom is 0.332 e. The van der Waals surface area contributed by atoms with Crippen LogP contribution >= 0.6 is 0 Å². The summed E-state index contributed by atoms with van der Waals surface area (Å²) >= 11 is 0. The fourth-order valence-electron chi connectivity index (χ4n) is 3.15. The van der Waals surface area contributed by atoms with Crippen molar-refractivity contribution in [3.05, 3.63) is 88.0 Å². The number of aromatic nitrogens is 5. The van der Waals surface area contributed by atoms with Gasteiger partial charge in [-0.3, -0.25) is 4.79 Å². The molecule has 8 nitrogen and oxygen atoms in total. The van der Waals surface area contributed by atoms with Crippen LogP contribution in [-0.2, 0) is 16.3 Å². The normalized spacial score (nSPS) is 11.3. The van der Waals surface area contributed by atoms with Gasteiger partial charge in [-0.15, -0.1) is 5.10 Å². The Hall–Kier alpha value is -4.07. The fourth-order valence-corrected chi connectivity index (χ4v) is 3.15. The first-order chi connectivity index (χ1) is 14.5. The van der Waals surface area contributed by atoms with Crippen molar-refractivity contribution >= 4 is 22.9 Å². The van der Waals surface area contributed by atoms with Gasteiger partial charge in [-0.05, 0) is 44.2 Å². The van der Waals surface area contributed by atoms with Crippen LogP contribution in [0.25, 0.3) is 22.7 Å². The number of ether oxygens (including phenoxy) is 1. The Labute approximate surface area is 172 Å². The molecule has 0 spiro atoms. The molecule has 30 heavy (non-hydrogen) atoms. The zero-order valence-electron chi connectivity index (χ0n) is 16.5. The minimum Gasteiger partial charge on any atom is -0.439 e. The molecular weight excluding hydrogens is 382 g/mol. The molecule has 2 aromatic heterocycles. The van der Waals surface area contributed by atoms with Gasteiger partial charge >= 0.3 is 5.97 Å². The smallest absolute Gasteiger partial charge is 0.332 e. The van der Waals surface area contributed by atoms with Crippen LogP contribution in [0.2, 0.25) is 0 Å².